The first kappa shape index (κ1) is 12.6. The normalized spacial score (nSPS) is 23.6. The first-order valence-corrected chi connectivity index (χ1v) is 7.32. The SMILES string of the molecule is Cc1cc(Nc2ncccn2)ccc1N1CC2CC1CO2. The van der Waals surface area contributed by atoms with E-state index < -0.39 is 0 Å². The molecule has 1 aromatic carbocycles. The highest BCUT2D eigenvalue weighted by Gasteiger charge is 2.39. The summed E-state index contributed by atoms with van der Waals surface area (Å²) in [4.78, 5) is 10.8. The van der Waals surface area contributed by atoms with Crippen LogP contribution in [0.5, 0.6) is 0 Å². The lowest BCUT2D eigenvalue weighted by Gasteiger charge is -2.30. The van der Waals surface area contributed by atoms with Crippen LogP contribution in [0.4, 0.5) is 17.3 Å². The Labute approximate surface area is 124 Å². The van der Waals surface area contributed by atoms with Crippen LogP contribution in [0.3, 0.4) is 0 Å². The van der Waals surface area contributed by atoms with Crippen molar-refractivity contribution in [1.29, 1.82) is 0 Å². The molecule has 21 heavy (non-hydrogen) atoms. The average Bonchev–Trinajstić information content (AvgIpc) is 3.11. The molecule has 4 rings (SSSR count). The first-order valence-electron chi connectivity index (χ1n) is 7.32. The molecule has 108 valence electrons. The minimum atomic E-state index is 0.421. The van der Waals surface area contributed by atoms with Gasteiger partial charge in [0.25, 0.3) is 0 Å². The molecule has 0 aliphatic carbocycles. The average molecular weight is 282 g/mol. The number of hydrogen-bond donors (Lipinski definition) is 1. The molecule has 2 bridgehead atoms. The topological polar surface area (TPSA) is 50.3 Å². The molecule has 0 spiro atoms. The van der Waals surface area contributed by atoms with Gasteiger partial charge in [0.05, 0.1) is 18.8 Å². The van der Waals surface area contributed by atoms with E-state index in [0.29, 0.717) is 18.1 Å². The van der Waals surface area contributed by atoms with Crippen molar-refractivity contribution in [3.63, 3.8) is 0 Å². The van der Waals surface area contributed by atoms with Crippen LogP contribution in [0, 0.1) is 6.92 Å². The van der Waals surface area contributed by atoms with Crippen molar-refractivity contribution in [2.45, 2.75) is 25.5 Å². The Kier molecular flexibility index (Phi) is 3.00. The number of aromatic nitrogens is 2. The summed E-state index contributed by atoms with van der Waals surface area (Å²) in [7, 11) is 0. The fourth-order valence-corrected chi connectivity index (χ4v) is 3.24. The van der Waals surface area contributed by atoms with Crippen LogP contribution in [0.15, 0.2) is 36.7 Å². The molecule has 1 aromatic heterocycles. The van der Waals surface area contributed by atoms with Gasteiger partial charge in [0.15, 0.2) is 0 Å². The summed E-state index contributed by atoms with van der Waals surface area (Å²) in [5, 5.41) is 3.23. The predicted octanol–water partition coefficient (Wildman–Crippen LogP) is 2.51. The number of benzene rings is 1. The van der Waals surface area contributed by atoms with Crippen LogP contribution in [0.25, 0.3) is 0 Å². The predicted molar refractivity (Wildman–Crippen MR) is 82.0 cm³/mol. The second-order valence-electron chi connectivity index (χ2n) is 5.70. The van der Waals surface area contributed by atoms with Gasteiger partial charge in [-0.3, -0.25) is 0 Å². The molecule has 2 aliphatic rings. The fourth-order valence-electron chi connectivity index (χ4n) is 3.24. The molecule has 2 saturated heterocycles. The highest BCUT2D eigenvalue weighted by molar-refractivity contribution is 5.64. The van der Waals surface area contributed by atoms with Crippen molar-refractivity contribution in [1.82, 2.24) is 9.97 Å². The lowest BCUT2D eigenvalue weighted by Crippen LogP contribution is -2.37. The van der Waals surface area contributed by atoms with E-state index in [9.17, 15) is 0 Å². The van der Waals surface area contributed by atoms with Crippen molar-refractivity contribution < 1.29 is 4.74 Å². The van der Waals surface area contributed by atoms with Crippen molar-refractivity contribution in [2.75, 3.05) is 23.4 Å². The van der Waals surface area contributed by atoms with Crippen molar-refractivity contribution in [3.8, 4) is 0 Å². The number of ether oxygens (including phenoxy) is 1. The summed E-state index contributed by atoms with van der Waals surface area (Å²) >= 11 is 0. The Balaban J connectivity index is 1.55. The second-order valence-corrected chi connectivity index (χ2v) is 5.70. The molecule has 0 radical (unpaired) electrons. The fraction of sp³-hybridized carbons (Fsp3) is 0.375. The van der Waals surface area contributed by atoms with E-state index >= 15 is 0 Å². The van der Waals surface area contributed by atoms with Crippen LogP contribution in [-0.2, 0) is 4.74 Å². The lowest BCUT2D eigenvalue weighted by atomic mass is 10.1. The van der Waals surface area contributed by atoms with Gasteiger partial charge < -0.3 is 15.0 Å². The van der Waals surface area contributed by atoms with Crippen LogP contribution in [0.2, 0.25) is 0 Å². The smallest absolute Gasteiger partial charge is 0.227 e. The van der Waals surface area contributed by atoms with E-state index in [1.165, 1.54) is 11.3 Å². The first-order chi connectivity index (χ1) is 10.3. The number of anilines is 3. The third kappa shape index (κ3) is 2.34. The molecule has 2 aromatic rings. The number of nitrogens with zero attached hydrogens (tertiary/aromatic N) is 3. The molecule has 5 nitrogen and oxygen atoms in total. The van der Waals surface area contributed by atoms with Crippen molar-refractivity contribution >= 4 is 17.3 Å². The molecule has 1 N–H and O–H groups in total. The molecule has 5 heteroatoms. The second kappa shape index (κ2) is 5.00. The maximum Gasteiger partial charge on any atom is 0.227 e. The number of morpholine rings is 1. The summed E-state index contributed by atoms with van der Waals surface area (Å²) in [6, 6.07) is 8.78. The van der Waals surface area contributed by atoms with Gasteiger partial charge in [-0.2, -0.15) is 0 Å². The zero-order valence-corrected chi connectivity index (χ0v) is 12.0. The summed E-state index contributed by atoms with van der Waals surface area (Å²) < 4.78 is 5.68. The van der Waals surface area contributed by atoms with Gasteiger partial charge in [0.1, 0.15) is 0 Å². The molecule has 0 saturated carbocycles. The minimum absolute atomic E-state index is 0.421. The Morgan fingerprint density at radius 3 is 2.81 bits per heavy atom. The number of rotatable bonds is 3. The molecule has 2 fully saturated rings. The van der Waals surface area contributed by atoms with E-state index in [1.807, 2.05) is 6.07 Å². The van der Waals surface area contributed by atoms with Crippen LogP contribution in [0.1, 0.15) is 12.0 Å². The van der Waals surface area contributed by atoms with E-state index in [4.69, 9.17) is 4.74 Å². The Morgan fingerprint density at radius 1 is 1.29 bits per heavy atom. The van der Waals surface area contributed by atoms with Gasteiger partial charge in [0.2, 0.25) is 5.95 Å². The third-order valence-corrected chi connectivity index (χ3v) is 4.23. The molecule has 2 aliphatic heterocycles. The van der Waals surface area contributed by atoms with Gasteiger partial charge >= 0.3 is 0 Å². The summed E-state index contributed by atoms with van der Waals surface area (Å²) in [5.41, 5.74) is 3.59. The zero-order valence-electron chi connectivity index (χ0n) is 12.0. The van der Waals surface area contributed by atoms with Crippen LogP contribution >= 0.6 is 0 Å². The van der Waals surface area contributed by atoms with Gasteiger partial charge in [-0.25, -0.2) is 9.97 Å². The molecule has 2 atom stereocenters. The molecule has 2 unspecified atom stereocenters. The third-order valence-electron chi connectivity index (χ3n) is 4.23. The number of aryl methyl sites for hydroxylation is 1. The maximum absolute atomic E-state index is 5.68. The van der Waals surface area contributed by atoms with Crippen molar-refractivity contribution in [2.24, 2.45) is 0 Å². The number of nitrogens with one attached hydrogen (secondary N) is 1. The largest absolute Gasteiger partial charge is 0.374 e. The molecular weight excluding hydrogens is 264 g/mol. The summed E-state index contributed by atoms with van der Waals surface area (Å²) in [5.74, 6) is 0.623. The Bertz CT molecular complexity index is 646. The van der Waals surface area contributed by atoms with E-state index in [0.717, 1.165) is 25.3 Å². The van der Waals surface area contributed by atoms with Crippen LogP contribution < -0.4 is 10.2 Å². The number of hydrogen-bond acceptors (Lipinski definition) is 5. The monoisotopic (exact) mass is 282 g/mol. The Morgan fingerprint density at radius 2 is 2.14 bits per heavy atom. The maximum atomic E-state index is 5.68. The van der Waals surface area contributed by atoms with E-state index in [2.05, 4.69) is 45.3 Å². The zero-order chi connectivity index (χ0) is 14.2. The van der Waals surface area contributed by atoms with Crippen LogP contribution in [-0.4, -0.2) is 35.3 Å². The molecule has 3 heterocycles. The minimum Gasteiger partial charge on any atom is -0.374 e. The summed E-state index contributed by atoms with van der Waals surface area (Å²) in [6.45, 7) is 4.03. The van der Waals surface area contributed by atoms with Crippen molar-refractivity contribution in [3.05, 3.63) is 42.2 Å². The highest BCUT2D eigenvalue weighted by atomic mass is 16.5. The lowest BCUT2D eigenvalue weighted by molar-refractivity contribution is 0.0991. The van der Waals surface area contributed by atoms with E-state index in [-0.39, 0.29) is 0 Å². The van der Waals surface area contributed by atoms with E-state index in [1.54, 1.807) is 12.4 Å². The van der Waals surface area contributed by atoms with Gasteiger partial charge in [0, 0.05) is 30.3 Å². The Hall–Kier alpha value is -2.14. The van der Waals surface area contributed by atoms with Gasteiger partial charge in [-0.1, -0.05) is 0 Å². The van der Waals surface area contributed by atoms with Gasteiger partial charge in [-0.05, 0) is 43.2 Å². The standard InChI is InChI=1S/C16H18N4O/c1-11-7-12(19-16-17-5-2-6-18-16)3-4-15(11)20-9-14-8-13(20)10-21-14/h2-7,13-14H,8-10H2,1H3,(H,17,18,19). The summed E-state index contributed by atoms with van der Waals surface area (Å²) in [6.07, 6.45) is 5.05. The number of fused-ring (bicyclic) bond motifs is 2. The molecule has 0 amide bonds. The molecular formula is C16H18N4O. The van der Waals surface area contributed by atoms with Gasteiger partial charge in [-0.15, -0.1) is 0 Å². The quantitative estimate of drug-likeness (QED) is 0.937. The highest BCUT2D eigenvalue weighted by Crippen LogP contribution is 2.35.